The molecule has 0 amide bonds. The van der Waals surface area contributed by atoms with Crippen LogP contribution in [0.2, 0.25) is 0 Å². The summed E-state index contributed by atoms with van der Waals surface area (Å²) in [4.78, 5) is 21.6. The third-order valence-electron chi connectivity index (χ3n) is 6.14. The summed E-state index contributed by atoms with van der Waals surface area (Å²) < 4.78 is 45.1. The number of furan rings is 1. The van der Waals surface area contributed by atoms with Crippen LogP contribution in [0.5, 0.6) is 11.5 Å². The molecule has 12 heteroatoms. The Balaban J connectivity index is 1.88. The molecule has 1 aromatic heterocycles. The van der Waals surface area contributed by atoms with Crippen molar-refractivity contribution in [3.8, 4) is 11.5 Å². The molecule has 0 aliphatic heterocycles. The minimum Gasteiger partial charge on any atom is -0.494 e. The highest BCUT2D eigenvalue weighted by Crippen LogP contribution is 2.33. The van der Waals surface area contributed by atoms with Gasteiger partial charge in [-0.1, -0.05) is 6.58 Å². The van der Waals surface area contributed by atoms with Gasteiger partial charge in [-0.2, -0.15) is 0 Å². The Bertz CT molecular complexity index is 1520. The summed E-state index contributed by atoms with van der Waals surface area (Å²) >= 11 is 0. The molecule has 214 valence electrons. The van der Waals surface area contributed by atoms with E-state index >= 15 is 0 Å². The van der Waals surface area contributed by atoms with E-state index in [1.807, 2.05) is 39.3 Å². The van der Waals surface area contributed by atoms with Gasteiger partial charge in [0.25, 0.3) is 0 Å². The number of carbonyl (C=O) groups excluding carboxylic acids is 1. The number of nitrogens with two attached hydrogens (primary N) is 2. The normalized spacial score (nSPS) is 12.1. The van der Waals surface area contributed by atoms with Gasteiger partial charge in [0.2, 0.25) is 5.78 Å². The molecule has 3 rings (SSSR count). The number of halogens is 2. The summed E-state index contributed by atoms with van der Waals surface area (Å²) in [6, 6.07) is 6.64. The Morgan fingerprint density at radius 1 is 1.10 bits per heavy atom. The fourth-order valence-corrected chi connectivity index (χ4v) is 3.73. The van der Waals surface area contributed by atoms with E-state index in [1.165, 1.54) is 20.4 Å². The molecule has 0 aliphatic carbocycles. The third kappa shape index (κ3) is 6.34. The van der Waals surface area contributed by atoms with E-state index in [4.69, 9.17) is 25.4 Å². The number of rotatable bonds is 10. The molecule has 5 N–H and O–H groups in total. The number of anilines is 4. The molecule has 0 atom stereocenters. The molecule has 0 saturated heterocycles. The topological polar surface area (TPSA) is 132 Å². The van der Waals surface area contributed by atoms with Crippen molar-refractivity contribution in [1.29, 1.82) is 0 Å². The molecule has 0 bridgehead atoms. The van der Waals surface area contributed by atoms with Crippen molar-refractivity contribution >= 4 is 47.1 Å². The number of likely N-dealkylation sites (N-methyl/N-ethyl adjacent to an activating group) is 2. The van der Waals surface area contributed by atoms with Crippen LogP contribution in [-0.2, 0) is 0 Å². The molecule has 0 saturated carbocycles. The van der Waals surface area contributed by atoms with E-state index < -0.39 is 28.7 Å². The maximum Gasteiger partial charge on any atom is 0.236 e. The minimum atomic E-state index is -1.22. The number of ketones is 1. The zero-order chi connectivity index (χ0) is 29.7. The Morgan fingerprint density at radius 3 is 2.27 bits per heavy atom. The van der Waals surface area contributed by atoms with Crippen LogP contribution in [0.15, 0.2) is 33.7 Å². The van der Waals surface area contributed by atoms with Gasteiger partial charge in [0, 0.05) is 37.1 Å². The lowest BCUT2D eigenvalue weighted by atomic mass is 10.1. The summed E-state index contributed by atoms with van der Waals surface area (Å²) in [5, 5.41) is 3.23. The van der Waals surface area contributed by atoms with Crippen molar-refractivity contribution in [3.63, 3.8) is 0 Å². The smallest absolute Gasteiger partial charge is 0.236 e. The number of methoxy groups -OCH3 is 2. The van der Waals surface area contributed by atoms with Gasteiger partial charge in [-0.15, -0.1) is 0 Å². The second-order valence-corrected chi connectivity index (χ2v) is 9.27. The second-order valence-electron chi connectivity index (χ2n) is 9.27. The quantitative estimate of drug-likeness (QED) is 0.149. The maximum atomic E-state index is 14.9. The van der Waals surface area contributed by atoms with E-state index in [0.717, 1.165) is 24.8 Å². The highest BCUT2D eigenvalue weighted by molar-refractivity contribution is 6.11. The first-order valence-corrected chi connectivity index (χ1v) is 12.2. The fraction of sp³-hybridized carbons (Fsp3) is 0.286. The number of nitrogens with zero attached hydrogens (tertiary/aromatic N) is 3. The van der Waals surface area contributed by atoms with E-state index in [2.05, 4.69) is 26.7 Å². The van der Waals surface area contributed by atoms with Crippen LogP contribution in [0.4, 0.5) is 31.5 Å². The van der Waals surface area contributed by atoms with Crippen molar-refractivity contribution < 1.29 is 27.5 Å². The van der Waals surface area contributed by atoms with Crippen molar-refractivity contribution in [2.24, 2.45) is 4.99 Å². The van der Waals surface area contributed by atoms with Crippen molar-refractivity contribution in [1.82, 2.24) is 4.90 Å². The highest BCUT2D eigenvalue weighted by Gasteiger charge is 2.30. The van der Waals surface area contributed by atoms with Gasteiger partial charge in [0.05, 0.1) is 37.5 Å². The van der Waals surface area contributed by atoms with Gasteiger partial charge in [-0.25, -0.2) is 13.8 Å². The van der Waals surface area contributed by atoms with Crippen molar-refractivity contribution in [2.75, 3.05) is 70.1 Å². The number of nitrogens with one attached hydrogen (secondary N) is 1. The SMILES string of the molecule is C=c1c(N)c(C(=O)c2c(F)c(OC)cc(OC)c2F)o/c1=C/N=C(C)Nc1ccc(N(C)CCN(C)C)cc1N. The fourth-order valence-electron chi connectivity index (χ4n) is 3.73. The number of benzene rings is 2. The monoisotopic (exact) mass is 556 g/mol. The molecule has 0 unspecified atom stereocenters. The Kier molecular flexibility index (Phi) is 9.38. The molecule has 1 heterocycles. The summed E-state index contributed by atoms with van der Waals surface area (Å²) in [5.74, 6) is -4.40. The number of hydrogen-bond donors (Lipinski definition) is 3. The Morgan fingerprint density at radius 2 is 1.73 bits per heavy atom. The van der Waals surface area contributed by atoms with Gasteiger partial charge >= 0.3 is 0 Å². The van der Waals surface area contributed by atoms with E-state index in [0.29, 0.717) is 17.2 Å². The summed E-state index contributed by atoms with van der Waals surface area (Å²) in [6.45, 7) is 7.23. The molecule has 0 spiro atoms. The molecule has 3 aromatic rings. The molecule has 2 aromatic carbocycles. The number of aliphatic imine (C=N–C) groups is 1. The second kappa shape index (κ2) is 12.5. The first-order chi connectivity index (χ1) is 18.9. The summed E-state index contributed by atoms with van der Waals surface area (Å²) in [7, 11) is 8.37. The zero-order valence-electron chi connectivity index (χ0n) is 23.4. The van der Waals surface area contributed by atoms with Crippen LogP contribution in [0.3, 0.4) is 0 Å². The number of nitrogen functional groups attached to an aromatic ring is 2. The lowest BCUT2D eigenvalue weighted by Crippen LogP contribution is -2.28. The van der Waals surface area contributed by atoms with Crippen LogP contribution < -0.4 is 41.8 Å². The summed E-state index contributed by atoms with van der Waals surface area (Å²) in [6.07, 6.45) is 1.29. The number of amidine groups is 1. The number of hydrogen-bond acceptors (Lipinski definition) is 9. The maximum absolute atomic E-state index is 14.9. The molecule has 0 radical (unpaired) electrons. The Hall–Kier alpha value is -4.58. The van der Waals surface area contributed by atoms with Crippen LogP contribution in [-0.4, -0.2) is 65.0 Å². The minimum absolute atomic E-state index is 0.0310. The van der Waals surface area contributed by atoms with Gasteiger partial charge in [-0.05, 0) is 39.2 Å². The molecule has 10 nitrogen and oxygen atoms in total. The van der Waals surface area contributed by atoms with E-state index in [1.54, 1.807) is 6.92 Å². The predicted octanol–water partition coefficient (Wildman–Crippen LogP) is 2.65. The third-order valence-corrected chi connectivity index (χ3v) is 6.14. The molecule has 0 fully saturated rings. The van der Waals surface area contributed by atoms with Crippen LogP contribution >= 0.6 is 0 Å². The molecular formula is C28H34F2N6O4. The zero-order valence-corrected chi connectivity index (χ0v) is 23.4. The molecule has 40 heavy (non-hydrogen) atoms. The summed E-state index contributed by atoms with van der Waals surface area (Å²) in [5.41, 5.74) is 13.3. The first kappa shape index (κ1) is 30.0. The largest absolute Gasteiger partial charge is 0.494 e. The van der Waals surface area contributed by atoms with Gasteiger partial charge in [0.1, 0.15) is 11.4 Å². The highest BCUT2D eigenvalue weighted by atomic mass is 19.1. The Labute approximate surface area is 231 Å². The van der Waals surface area contributed by atoms with E-state index in [-0.39, 0.29) is 27.8 Å². The average Bonchev–Trinajstić information content (AvgIpc) is 3.20. The van der Waals surface area contributed by atoms with E-state index in [9.17, 15) is 13.6 Å². The first-order valence-electron chi connectivity index (χ1n) is 12.2. The van der Waals surface area contributed by atoms with Crippen LogP contribution in [0.25, 0.3) is 12.8 Å². The number of ether oxygens (including phenoxy) is 2. The van der Waals surface area contributed by atoms with Gasteiger partial charge < -0.3 is 40.5 Å². The van der Waals surface area contributed by atoms with Crippen molar-refractivity contribution in [2.45, 2.75) is 6.92 Å². The average molecular weight is 557 g/mol. The lowest BCUT2D eigenvalue weighted by Gasteiger charge is -2.22. The predicted molar refractivity (Wildman–Crippen MR) is 155 cm³/mol. The molecule has 0 aliphatic rings. The van der Waals surface area contributed by atoms with Crippen LogP contribution in [0, 0.1) is 11.6 Å². The standard InChI is InChI=1S/C28H34F2N6O4/c1-15-22(14-33-16(2)34-19-9-8-17(12-18(19)31)36(5)11-10-35(3)4)40-28(26(15)32)27(37)23-24(29)20(38-6)13-21(39-7)25(23)30/h8-9,12-14H,1,10-11,31-32H2,2-7H3,(H,33,34)/b22-14+. The van der Waals surface area contributed by atoms with Gasteiger partial charge in [0.15, 0.2) is 34.3 Å². The lowest BCUT2D eigenvalue weighted by molar-refractivity contribution is 0.0999. The number of carbonyl (C=O) groups is 1. The van der Waals surface area contributed by atoms with Crippen molar-refractivity contribution in [3.05, 3.63) is 57.9 Å². The van der Waals surface area contributed by atoms with Gasteiger partial charge in [-0.3, -0.25) is 4.79 Å². The van der Waals surface area contributed by atoms with Crippen LogP contribution in [0.1, 0.15) is 23.0 Å². The molecular weight excluding hydrogens is 522 g/mol.